The SMILES string of the molecule is CC1=NC(C)=C2CN=NC=C12. The Morgan fingerprint density at radius 1 is 1.36 bits per heavy atom. The maximum absolute atomic E-state index is 4.34. The summed E-state index contributed by atoms with van der Waals surface area (Å²) in [5.74, 6) is 0. The van der Waals surface area contributed by atoms with Gasteiger partial charge in [-0.25, -0.2) is 0 Å². The maximum Gasteiger partial charge on any atom is 0.0878 e. The first-order valence-corrected chi connectivity index (χ1v) is 3.61. The Morgan fingerprint density at radius 2 is 2.18 bits per heavy atom. The van der Waals surface area contributed by atoms with Crippen LogP contribution in [-0.2, 0) is 0 Å². The van der Waals surface area contributed by atoms with E-state index in [4.69, 9.17) is 0 Å². The summed E-state index contributed by atoms with van der Waals surface area (Å²) >= 11 is 0. The molecule has 0 N–H and O–H groups in total. The lowest BCUT2D eigenvalue weighted by Crippen LogP contribution is -2.00. The molecule has 3 heteroatoms. The van der Waals surface area contributed by atoms with Crippen molar-refractivity contribution in [3.63, 3.8) is 0 Å². The van der Waals surface area contributed by atoms with Crippen LogP contribution < -0.4 is 0 Å². The van der Waals surface area contributed by atoms with Gasteiger partial charge in [-0.15, -0.1) is 0 Å². The second kappa shape index (κ2) is 2.12. The number of nitrogens with zero attached hydrogens (tertiary/aromatic N) is 3. The molecule has 0 aromatic carbocycles. The van der Waals surface area contributed by atoms with E-state index in [1.54, 1.807) is 6.20 Å². The first-order chi connectivity index (χ1) is 5.29. The zero-order valence-electron chi connectivity index (χ0n) is 6.63. The summed E-state index contributed by atoms with van der Waals surface area (Å²) in [7, 11) is 0. The van der Waals surface area contributed by atoms with Crippen LogP contribution in [0.15, 0.2) is 38.3 Å². The molecule has 0 aliphatic carbocycles. The third kappa shape index (κ3) is 0.843. The van der Waals surface area contributed by atoms with E-state index in [9.17, 15) is 0 Å². The summed E-state index contributed by atoms with van der Waals surface area (Å²) in [6.07, 6.45) is 1.79. The van der Waals surface area contributed by atoms with Crippen LogP contribution in [0.25, 0.3) is 0 Å². The van der Waals surface area contributed by atoms with Crippen molar-refractivity contribution >= 4 is 5.71 Å². The van der Waals surface area contributed by atoms with E-state index in [1.807, 2.05) is 13.8 Å². The largest absolute Gasteiger partial charge is 0.257 e. The van der Waals surface area contributed by atoms with Crippen LogP contribution in [0.4, 0.5) is 0 Å². The number of allylic oxidation sites excluding steroid dienone is 1. The van der Waals surface area contributed by atoms with E-state index in [0.717, 1.165) is 17.0 Å². The Balaban J connectivity index is 2.53. The number of fused-ring (bicyclic) bond motifs is 1. The van der Waals surface area contributed by atoms with Crippen LogP contribution >= 0.6 is 0 Å². The van der Waals surface area contributed by atoms with Crippen molar-refractivity contribution in [3.05, 3.63) is 23.0 Å². The summed E-state index contributed by atoms with van der Waals surface area (Å²) in [4.78, 5) is 4.34. The number of hydrogen-bond acceptors (Lipinski definition) is 3. The van der Waals surface area contributed by atoms with Gasteiger partial charge < -0.3 is 0 Å². The zero-order valence-corrected chi connectivity index (χ0v) is 6.63. The molecular formula is C8H9N3. The van der Waals surface area contributed by atoms with Crippen LogP contribution in [0.1, 0.15) is 13.8 Å². The van der Waals surface area contributed by atoms with Crippen LogP contribution in [-0.4, -0.2) is 12.3 Å². The van der Waals surface area contributed by atoms with E-state index in [-0.39, 0.29) is 0 Å². The van der Waals surface area contributed by atoms with E-state index in [0.29, 0.717) is 6.54 Å². The lowest BCUT2D eigenvalue weighted by atomic mass is 10.0. The van der Waals surface area contributed by atoms with Gasteiger partial charge in [-0.05, 0) is 13.8 Å². The normalized spacial score (nSPS) is 21.6. The number of azo groups is 1. The van der Waals surface area contributed by atoms with Crippen LogP contribution in [0.2, 0.25) is 0 Å². The van der Waals surface area contributed by atoms with Crippen LogP contribution in [0, 0.1) is 0 Å². The summed E-state index contributed by atoms with van der Waals surface area (Å²) in [6, 6.07) is 0. The Labute approximate surface area is 65.2 Å². The van der Waals surface area contributed by atoms with Gasteiger partial charge >= 0.3 is 0 Å². The quantitative estimate of drug-likeness (QED) is 0.503. The van der Waals surface area contributed by atoms with E-state index < -0.39 is 0 Å². The van der Waals surface area contributed by atoms with Crippen molar-refractivity contribution in [2.45, 2.75) is 13.8 Å². The predicted octanol–water partition coefficient (Wildman–Crippen LogP) is 2.08. The summed E-state index contributed by atoms with van der Waals surface area (Å²) in [5.41, 5.74) is 4.55. The fraction of sp³-hybridized carbons (Fsp3) is 0.375. The van der Waals surface area contributed by atoms with Gasteiger partial charge in [-0.2, -0.15) is 10.2 Å². The molecular weight excluding hydrogens is 138 g/mol. The van der Waals surface area contributed by atoms with E-state index in [2.05, 4.69) is 15.2 Å². The number of rotatable bonds is 0. The molecule has 0 bridgehead atoms. The Kier molecular flexibility index (Phi) is 1.24. The molecule has 0 saturated heterocycles. The molecule has 2 aliphatic heterocycles. The second-order valence-electron chi connectivity index (χ2n) is 2.72. The molecule has 2 rings (SSSR count). The number of aliphatic imine (C=N–C) groups is 1. The topological polar surface area (TPSA) is 37.1 Å². The standard InChI is InChI=1S/C8H9N3/c1-5-7-3-9-10-4-8(7)6(2)11-5/h3H,4H2,1-2H3. The van der Waals surface area contributed by atoms with Gasteiger partial charge in [-0.1, -0.05) is 0 Å². The summed E-state index contributed by atoms with van der Waals surface area (Å²) in [6.45, 7) is 4.71. The molecule has 0 aromatic rings. The molecule has 2 heterocycles. The first kappa shape index (κ1) is 6.46. The highest BCUT2D eigenvalue weighted by atomic mass is 15.1. The average molecular weight is 147 g/mol. The van der Waals surface area contributed by atoms with Crippen molar-refractivity contribution in [3.8, 4) is 0 Å². The van der Waals surface area contributed by atoms with Crippen LogP contribution in [0.3, 0.4) is 0 Å². The highest BCUT2D eigenvalue weighted by molar-refractivity contribution is 6.05. The maximum atomic E-state index is 4.34. The third-order valence-electron chi connectivity index (χ3n) is 1.98. The minimum atomic E-state index is 0.693. The van der Waals surface area contributed by atoms with E-state index >= 15 is 0 Å². The molecule has 2 aliphatic rings. The van der Waals surface area contributed by atoms with Crippen molar-refractivity contribution in [1.29, 1.82) is 0 Å². The van der Waals surface area contributed by atoms with Gasteiger partial charge in [0, 0.05) is 22.6 Å². The minimum absolute atomic E-state index is 0.693. The van der Waals surface area contributed by atoms with Gasteiger partial charge in [0.2, 0.25) is 0 Å². The van der Waals surface area contributed by atoms with Gasteiger partial charge in [0.15, 0.2) is 0 Å². The van der Waals surface area contributed by atoms with Gasteiger partial charge in [0.1, 0.15) is 0 Å². The predicted molar refractivity (Wildman–Crippen MR) is 43.6 cm³/mol. The Bertz CT molecular complexity index is 318. The molecule has 0 unspecified atom stereocenters. The van der Waals surface area contributed by atoms with Crippen LogP contribution in [0.5, 0.6) is 0 Å². The van der Waals surface area contributed by atoms with E-state index in [1.165, 1.54) is 5.57 Å². The zero-order chi connectivity index (χ0) is 7.84. The highest BCUT2D eigenvalue weighted by Gasteiger charge is 2.19. The first-order valence-electron chi connectivity index (χ1n) is 3.61. The number of hydrogen-bond donors (Lipinski definition) is 0. The molecule has 11 heavy (non-hydrogen) atoms. The van der Waals surface area contributed by atoms with Gasteiger partial charge in [0.05, 0.1) is 12.7 Å². The smallest absolute Gasteiger partial charge is 0.0878 e. The highest BCUT2D eigenvalue weighted by Crippen LogP contribution is 2.27. The van der Waals surface area contributed by atoms with Crippen molar-refractivity contribution in [1.82, 2.24) is 0 Å². The molecule has 3 nitrogen and oxygen atoms in total. The third-order valence-corrected chi connectivity index (χ3v) is 1.98. The Morgan fingerprint density at radius 3 is 2.91 bits per heavy atom. The second-order valence-corrected chi connectivity index (χ2v) is 2.72. The molecule has 0 atom stereocenters. The average Bonchev–Trinajstić information content (AvgIpc) is 2.30. The molecule has 56 valence electrons. The molecule has 0 spiro atoms. The Hall–Kier alpha value is -1.25. The van der Waals surface area contributed by atoms with Gasteiger partial charge in [0.25, 0.3) is 0 Å². The lowest BCUT2D eigenvalue weighted by molar-refractivity contribution is 0.982. The van der Waals surface area contributed by atoms with Crippen molar-refractivity contribution < 1.29 is 0 Å². The molecule has 0 radical (unpaired) electrons. The molecule has 0 saturated carbocycles. The fourth-order valence-electron chi connectivity index (χ4n) is 1.37. The lowest BCUT2D eigenvalue weighted by Gasteiger charge is -2.04. The monoisotopic (exact) mass is 147 g/mol. The van der Waals surface area contributed by atoms with Crippen molar-refractivity contribution in [2.75, 3.05) is 6.54 Å². The van der Waals surface area contributed by atoms with Gasteiger partial charge in [-0.3, -0.25) is 4.99 Å². The molecule has 0 amide bonds. The minimum Gasteiger partial charge on any atom is -0.257 e. The van der Waals surface area contributed by atoms with Crippen molar-refractivity contribution in [2.24, 2.45) is 15.2 Å². The fourth-order valence-corrected chi connectivity index (χ4v) is 1.37. The molecule has 0 aromatic heterocycles. The molecule has 0 fully saturated rings. The summed E-state index contributed by atoms with van der Waals surface area (Å²) < 4.78 is 0. The summed E-state index contributed by atoms with van der Waals surface area (Å²) in [5, 5.41) is 7.77.